The zero-order chi connectivity index (χ0) is 25.0. The average molecular weight is 475 g/mol. The molecule has 0 saturated carbocycles. The number of fused-ring (bicyclic) bond motifs is 3. The maximum absolute atomic E-state index is 12.3. The molecule has 180 valence electrons. The third kappa shape index (κ3) is 5.63. The van der Waals surface area contributed by atoms with E-state index in [-0.39, 0.29) is 31.1 Å². The average Bonchev–Trinajstić information content (AvgIpc) is 3.14. The van der Waals surface area contributed by atoms with E-state index in [1.807, 2.05) is 24.3 Å². The quantitative estimate of drug-likeness (QED) is 0.455. The molecule has 0 aliphatic heterocycles. The fraction of sp³-hybridized carbons (Fsp3) is 0.269. The van der Waals surface area contributed by atoms with Gasteiger partial charge in [-0.15, -0.1) is 0 Å². The van der Waals surface area contributed by atoms with Gasteiger partial charge in [-0.2, -0.15) is 0 Å². The minimum atomic E-state index is -1.01. The highest BCUT2D eigenvalue weighted by atomic mass is 16.5. The molecule has 9 nitrogen and oxygen atoms in total. The number of carbonyl (C=O) groups excluding carboxylic acids is 2. The Balaban J connectivity index is 1.30. The van der Waals surface area contributed by atoms with E-state index < -0.39 is 23.5 Å². The minimum Gasteiger partial charge on any atom is -0.481 e. The number of carboxylic acid groups (broad SMARTS) is 1. The van der Waals surface area contributed by atoms with Crippen LogP contribution in [-0.4, -0.2) is 45.2 Å². The maximum Gasteiger partial charge on any atom is 0.407 e. The Morgan fingerprint density at radius 1 is 0.971 bits per heavy atom. The second-order valence-electron chi connectivity index (χ2n) is 8.98. The summed E-state index contributed by atoms with van der Waals surface area (Å²) in [6.45, 7) is 3.47. The molecule has 3 N–H and O–H groups in total. The number of ether oxygens (including phenoxy) is 1. The van der Waals surface area contributed by atoms with Gasteiger partial charge in [-0.1, -0.05) is 48.5 Å². The maximum atomic E-state index is 12.3. The van der Waals surface area contributed by atoms with Crippen LogP contribution in [0.5, 0.6) is 0 Å². The second-order valence-corrected chi connectivity index (χ2v) is 8.98. The molecule has 0 saturated heterocycles. The highest BCUT2D eigenvalue weighted by Crippen LogP contribution is 2.44. The molecule has 3 aromatic rings. The van der Waals surface area contributed by atoms with Gasteiger partial charge in [0.05, 0.1) is 18.5 Å². The van der Waals surface area contributed by atoms with Crippen molar-refractivity contribution in [3.63, 3.8) is 0 Å². The summed E-state index contributed by atoms with van der Waals surface area (Å²) in [6.07, 6.45) is 1.84. The lowest BCUT2D eigenvalue weighted by Crippen LogP contribution is -2.45. The van der Waals surface area contributed by atoms with Gasteiger partial charge in [0.15, 0.2) is 0 Å². The van der Waals surface area contributed by atoms with Crippen LogP contribution in [0.3, 0.4) is 0 Å². The number of nitrogens with zero attached hydrogens (tertiary/aromatic N) is 2. The molecule has 4 rings (SSSR count). The van der Waals surface area contributed by atoms with Gasteiger partial charge < -0.3 is 20.5 Å². The summed E-state index contributed by atoms with van der Waals surface area (Å²) >= 11 is 0. The van der Waals surface area contributed by atoms with E-state index in [0.29, 0.717) is 5.82 Å². The molecule has 2 aromatic carbocycles. The lowest BCUT2D eigenvalue weighted by atomic mass is 9.98. The molecular weight excluding hydrogens is 448 g/mol. The van der Waals surface area contributed by atoms with Crippen LogP contribution >= 0.6 is 0 Å². The molecule has 1 aliphatic rings. The monoisotopic (exact) mass is 474 g/mol. The number of carbonyl (C=O) groups is 3. The van der Waals surface area contributed by atoms with Gasteiger partial charge in [0.2, 0.25) is 0 Å². The number of nitrogens with one attached hydrogen (secondary N) is 2. The summed E-state index contributed by atoms with van der Waals surface area (Å²) in [5.74, 6) is -1.22. The van der Waals surface area contributed by atoms with Crippen LogP contribution in [0.2, 0.25) is 0 Å². The van der Waals surface area contributed by atoms with Gasteiger partial charge in [0, 0.05) is 23.9 Å². The summed E-state index contributed by atoms with van der Waals surface area (Å²) in [7, 11) is 0. The van der Waals surface area contributed by atoms with Crippen LogP contribution in [0.25, 0.3) is 11.1 Å². The number of hydrogen-bond acceptors (Lipinski definition) is 6. The molecule has 35 heavy (non-hydrogen) atoms. The minimum absolute atomic E-state index is 0.0308. The summed E-state index contributed by atoms with van der Waals surface area (Å²) in [6, 6.07) is 16.2. The van der Waals surface area contributed by atoms with Crippen molar-refractivity contribution in [3.05, 3.63) is 83.4 Å². The molecule has 1 aliphatic carbocycles. The van der Waals surface area contributed by atoms with Crippen LogP contribution in [0.15, 0.2) is 60.9 Å². The number of aromatic nitrogens is 2. The number of carboxylic acids is 1. The number of hydrogen-bond donors (Lipinski definition) is 3. The fourth-order valence-corrected chi connectivity index (χ4v) is 4.17. The first-order valence-corrected chi connectivity index (χ1v) is 11.2. The van der Waals surface area contributed by atoms with Gasteiger partial charge in [0.25, 0.3) is 5.91 Å². The predicted octanol–water partition coefficient (Wildman–Crippen LogP) is 3.50. The Labute approximate surface area is 202 Å². The first-order chi connectivity index (χ1) is 16.7. The lowest BCUT2D eigenvalue weighted by molar-refractivity contribution is -0.138. The Bertz CT molecular complexity index is 1210. The van der Waals surface area contributed by atoms with E-state index in [2.05, 4.69) is 44.9 Å². The molecule has 1 heterocycles. The van der Waals surface area contributed by atoms with Crippen molar-refractivity contribution in [2.24, 2.45) is 0 Å². The summed E-state index contributed by atoms with van der Waals surface area (Å²) in [5.41, 5.74) is 3.83. The van der Waals surface area contributed by atoms with Gasteiger partial charge >= 0.3 is 12.1 Å². The first-order valence-electron chi connectivity index (χ1n) is 11.2. The van der Waals surface area contributed by atoms with Crippen LogP contribution in [0.1, 0.15) is 53.5 Å². The number of rotatable bonds is 8. The molecule has 0 spiro atoms. The molecule has 0 unspecified atom stereocenters. The lowest BCUT2D eigenvalue weighted by Gasteiger charge is -2.24. The van der Waals surface area contributed by atoms with E-state index in [0.717, 1.165) is 22.3 Å². The molecule has 9 heteroatoms. The van der Waals surface area contributed by atoms with E-state index in [1.54, 1.807) is 13.8 Å². The Kier molecular flexibility index (Phi) is 6.77. The van der Waals surface area contributed by atoms with Gasteiger partial charge in [0.1, 0.15) is 12.4 Å². The number of alkyl carbamates (subject to hydrolysis) is 1. The fourth-order valence-electron chi connectivity index (χ4n) is 4.17. The Morgan fingerprint density at radius 2 is 1.54 bits per heavy atom. The van der Waals surface area contributed by atoms with E-state index in [1.165, 1.54) is 12.4 Å². The van der Waals surface area contributed by atoms with Gasteiger partial charge in [-0.3, -0.25) is 9.59 Å². The number of aliphatic carboxylic acids is 1. The predicted molar refractivity (Wildman–Crippen MR) is 128 cm³/mol. The third-order valence-electron chi connectivity index (χ3n) is 5.75. The van der Waals surface area contributed by atoms with Gasteiger partial charge in [-0.25, -0.2) is 14.8 Å². The Morgan fingerprint density at radius 3 is 2.11 bits per heavy atom. The van der Waals surface area contributed by atoms with Crippen molar-refractivity contribution in [2.45, 2.75) is 38.3 Å². The van der Waals surface area contributed by atoms with E-state index >= 15 is 0 Å². The van der Waals surface area contributed by atoms with Crippen molar-refractivity contribution in [1.29, 1.82) is 0 Å². The van der Waals surface area contributed by atoms with Crippen LogP contribution in [-0.2, 0) is 16.1 Å². The highest BCUT2D eigenvalue weighted by Gasteiger charge is 2.29. The third-order valence-corrected chi connectivity index (χ3v) is 5.75. The first kappa shape index (κ1) is 23.9. The van der Waals surface area contributed by atoms with Crippen molar-refractivity contribution in [3.8, 4) is 11.1 Å². The summed E-state index contributed by atoms with van der Waals surface area (Å²) < 4.78 is 5.49. The van der Waals surface area contributed by atoms with E-state index in [4.69, 9.17) is 9.84 Å². The molecule has 2 amide bonds. The zero-order valence-electron chi connectivity index (χ0n) is 19.4. The summed E-state index contributed by atoms with van der Waals surface area (Å²) in [4.78, 5) is 43.8. The van der Waals surface area contributed by atoms with Crippen LogP contribution in [0.4, 0.5) is 4.79 Å². The van der Waals surface area contributed by atoms with Crippen LogP contribution in [0, 0.1) is 0 Å². The standard InChI is InChI=1S/C26H26N4O5/c1-26(2,11-23(31)32)30-24(33)16-12-27-22(28-13-16)14-29-25(34)35-15-21-19-9-5-3-7-17(19)18-8-4-6-10-20(18)21/h3-10,12-13,21H,11,14-15H2,1-2H3,(H,29,34)(H,30,33)(H,31,32). The molecule has 0 radical (unpaired) electrons. The molecule has 0 bridgehead atoms. The van der Waals surface area contributed by atoms with Crippen molar-refractivity contribution in [1.82, 2.24) is 20.6 Å². The molecule has 1 aromatic heterocycles. The van der Waals surface area contributed by atoms with Crippen LogP contribution < -0.4 is 10.6 Å². The smallest absolute Gasteiger partial charge is 0.407 e. The second kappa shape index (κ2) is 9.92. The van der Waals surface area contributed by atoms with Crippen molar-refractivity contribution in [2.75, 3.05) is 6.61 Å². The number of benzene rings is 2. The van der Waals surface area contributed by atoms with Gasteiger partial charge in [-0.05, 0) is 36.1 Å². The highest BCUT2D eigenvalue weighted by molar-refractivity contribution is 5.94. The zero-order valence-corrected chi connectivity index (χ0v) is 19.4. The van der Waals surface area contributed by atoms with Crippen molar-refractivity contribution >= 4 is 18.0 Å². The van der Waals surface area contributed by atoms with E-state index in [9.17, 15) is 14.4 Å². The molecule has 0 fully saturated rings. The Hall–Kier alpha value is -4.27. The SMILES string of the molecule is CC(C)(CC(=O)O)NC(=O)c1cnc(CNC(=O)OCC2c3ccccc3-c3ccccc32)nc1. The number of amides is 2. The summed E-state index contributed by atoms with van der Waals surface area (Å²) in [5, 5.41) is 14.2. The van der Waals surface area contributed by atoms with Crippen molar-refractivity contribution < 1.29 is 24.2 Å². The topological polar surface area (TPSA) is 131 Å². The molecular formula is C26H26N4O5. The normalized spacial score (nSPS) is 12.4. The largest absolute Gasteiger partial charge is 0.481 e. The molecule has 0 atom stereocenters.